The van der Waals surface area contributed by atoms with Crippen LogP contribution in [0.15, 0.2) is 47.4 Å². The maximum Gasteiger partial charge on any atom is 0.238 e. The molecular formula is C28H34FN5O2S. The number of benzene rings is 2. The Morgan fingerprint density at radius 2 is 1.97 bits per heavy atom. The van der Waals surface area contributed by atoms with E-state index in [0.717, 1.165) is 62.3 Å². The second-order valence-corrected chi connectivity index (χ2v) is 12.0. The standard InChI is InChI=1S/C28H34FN5O2S/c1-33-11-2-12-34(14-13-33)37(36)25-9-6-19(7-10-25)20-3-4-21(26(29)17-20)15-24(18-30)32-28(35)27-22-5-8-23(16-22)31-27/h3-4,6-7,9-10,17,22-24,27,31H,2,5,8,11-16H2,1H3,(H,32,35)/t22?,23?,24-,27?,37?/m0/s1. The molecule has 5 rings (SSSR count). The van der Waals surface area contributed by atoms with Gasteiger partial charge in [-0.25, -0.2) is 4.39 Å². The Morgan fingerprint density at radius 1 is 1.19 bits per heavy atom. The van der Waals surface area contributed by atoms with E-state index in [1.165, 1.54) is 6.07 Å². The van der Waals surface area contributed by atoms with Gasteiger partial charge in [0, 0.05) is 25.6 Å². The van der Waals surface area contributed by atoms with E-state index in [-0.39, 0.29) is 18.4 Å². The highest BCUT2D eigenvalue weighted by Crippen LogP contribution is 2.35. The zero-order valence-corrected chi connectivity index (χ0v) is 22.0. The molecule has 2 N–H and O–H groups in total. The first-order valence-electron chi connectivity index (χ1n) is 13.1. The Kier molecular flexibility index (Phi) is 8.12. The molecule has 196 valence electrons. The topological polar surface area (TPSA) is 94.5 Å². The van der Waals surface area contributed by atoms with Gasteiger partial charge in [0.05, 0.1) is 30.0 Å². The van der Waals surface area contributed by atoms with Crippen molar-refractivity contribution in [3.8, 4) is 17.2 Å². The molecular weight excluding hydrogens is 489 g/mol. The summed E-state index contributed by atoms with van der Waals surface area (Å²) in [6.07, 6.45) is 4.25. The lowest BCUT2D eigenvalue weighted by molar-refractivity contribution is -0.124. The Morgan fingerprint density at radius 3 is 2.65 bits per heavy atom. The largest absolute Gasteiger partial charge is 0.593 e. The third-order valence-electron chi connectivity index (χ3n) is 7.89. The molecule has 2 aromatic rings. The van der Waals surface area contributed by atoms with Gasteiger partial charge in [0.15, 0.2) is 4.90 Å². The molecule has 2 aromatic carbocycles. The molecule has 1 saturated carbocycles. The number of piperidine rings is 1. The van der Waals surface area contributed by atoms with Gasteiger partial charge in [-0.15, -0.1) is 4.31 Å². The van der Waals surface area contributed by atoms with Crippen LogP contribution in [-0.2, 0) is 22.6 Å². The number of hydrogen-bond donors (Lipinski definition) is 2. The molecule has 1 aliphatic carbocycles. The molecule has 0 aromatic heterocycles. The third-order valence-corrected chi connectivity index (χ3v) is 9.40. The Bertz CT molecular complexity index is 1160. The fourth-order valence-electron chi connectivity index (χ4n) is 5.75. The minimum Gasteiger partial charge on any atom is -0.593 e. The van der Waals surface area contributed by atoms with Crippen molar-refractivity contribution in [2.75, 3.05) is 33.2 Å². The summed E-state index contributed by atoms with van der Waals surface area (Å²) >= 11 is -1.22. The van der Waals surface area contributed by atoms with Gasteiger partial charge in [-0.05, 0) is 92.2 Å². The second kappa shape index (κ2) is 11.5. The van der Waals surface area contributed by atoms with Crippen LogP contribution in [0.2, 0.25) is 0 Å². The number of hydrogen-bond acceptors (Lipinski definition) is 6. The summed E-state index contributed by atoms with van der Waals surface area (Å²) in [6.45, 7) is 3.46. The monoisotopic (exact) mass is 523 g/mol. The average molecular weight is 524 g/mol. The third kappa shape index (κ3) is 6.00. The van der Waals surface area contributed by atoms with Crippen molar-refractivity contribution in [1.82, 2.24) is 19.8 Å². The van der Waals surface area contributed by atoms with E-state index < -0.39 is 23.2 Å². The van der Waals surface area contributed by atoms with Crippen molar-refractivity contribution in [2.45, 2.75) is 55.1 Å². The van der Waals surface area contributed by atoms with Gasteiger partial charge < -0.3 is 20.1 Å². The van der Waals surface area contributed by atoms with Gasteiger partial charge in [-0.1, -0.05) is 12.1 Å². The lowest BCUT2D eigenvalue weighted by atomic mass is 9.98. The number of likely N-dealkylation sites (N-methyl/N-ethyl adjacent to an activating group) is 1. The van der Waals surface area contributed by atoms with Gasteiger partial charge in [0.25, 0.3) is 0 Å². The number of halogens is 1. The number of amides is 1. The van der Waals surface area contributed by atoms with Crippen LogP contribution < -0.4 is 10.6 Å². The van der Waals surface area contributed by atoms with Crippen LogP contribution in [0.4, 0.5) is 4.39 Å². The Hall–Kier alpha value is -2.48. The molecule has 7 nitrogen and oxygen atoms in total. The number of nitrogens with one attached hydrogen (secondary N) is 2. The molecule has 5 atom stereocenters. The fraction of sp³-hybridized carbons (Fsp3) is 0.500. The van der Waals surface area contributed by atoms with Crippen LogP contribution in [0.5, 0.6) is 0 Å². The van der Waals surface area contributed by atoms with Crippen molar-refractivity contribution in [1.29, 1.82) is 5.26 Å². The molecule has 9 heteroatoms. The summed E-state index contributed by atoms with van der Waals surface area (Å²) in [5.74, 6) is -0.248. The predicted molar refractivity (Wildman–Crippen MR) is 141 cm³/mol. The summed E-state index contributed by atoms with van der Waals surface area (Å²) in [5.41, 5.74) is 1.92. The Balaban J connectivity index is 1.21. The summed E-state index contributed by atoms with van der Waals surface area (Å²) in [5, 5.41) is 15.7. The Labute approximate surface area is 221 Å². The van der Waals surface area contributed by atoms with E-state index in [2.05, 4.69) is 28.7 Å². The summed E-state index contributed by atoms with van der Waals surface area (Å²) in [6, 6.07) is 13.9. The molecule has 2 saturated heterocycles. The summed E-state index contributed by atoms with van der Waals surface area (Å²) in [7, 11) is 2.08. The number of nitrogens with zero attached hydrogens (tertiary/aromatic N) is 3. The fourth-order valence-corrected chi connectivity index (χ4v) is 6.96. The van der Waals surface area contributed by atoms with Crippen LogP contribution in [0.1, 0.15) is 31.2 Å². The van der Waals surface area contributed by atoms with Crippen LogP contribution in [-0.4, -0.2) is 71.0 Å². The van der Waals surface area contributed by atoms with Crippen LogP contribution in [0.3, 0.4) is 0 Å². The number of nitriles is 1. The minimum absolute atomic E-state index is 0.109. The van der Waals surface area contributed by atoms with Crippen molar-refractivity contribution in [3.05, 3.63) is 53.8 Å². The van der Waals surface area contributed by atoms with E-state index in [0.29, 0.717) is 23.1 Å². The molecule has 3 aliphatic rings. The lowest BCUT2D eigenvalue weighted by Crippen LogP contribution is -2.50. The van der Waals surface area contributed by atoms with E-state index in [4.69, 9.17) is 0 Å². The van der Waals surface area contributed by atoms with Crippen LogP contribution >= 0.6 is 0 Å². The predicted octanol–water partition coefficient (Wildman–Crippen LogP) is 2.84. The molecule has 1 amide bonds. The molecule has 0 radical (unpaired) electrons. The van der Waals surface area contributed by atoms with Crippen LogP contribution in [0.25, 0.3) is 11.1 Å². The van der Waals surface area contributed by atoms with E-state index in [9.17, 15) is 14.6 Å². The maximum atomic E-state index is 15.0. The van der Waals surface area contributed by atoms with Crippen molar-refractivity contribution in [2.24, 2.45) is 5.92 Å². The average Bonchev–Trinajstić information content (AvgIpc) is 3.48. The maximum absolute atomic E-state index is 15.0. The molecule has 2 bridgehead atoms. The highest BCUT2D eigenvalue weighted by atomic mass is 32.2. The number of carbonyl (C=O) groups is 1. The molecule has 0 spiro atoms. The first-order valence-corrected chi connectivity index (χ1v) is 14.2. The lowest BCUT2D eigenvalue weighted by Gasteiger charge is -2.23. The number of carbonyl (C=O) groups excluding carboxylic acids is 1. The van der Waals surface area contributed by atoms with Crippen molar-refractivity contribution >= 4 is 17.3 Å². The molecule has 3 fully saturated rings. The smallest absolute Gasteiger partial charge is 0.238 e. The normalized spacial score (nSPS) is 25.8. The minimum atomic E-state index is -1.22. The zero-order valence-electron chi connectivity index (χ0n) is 21.2. The van der Waals surface area contributed by atoms with Gasteiger partial charge in [0.1, 0.15) is 11.9 Å². The van der Waals surface area contributed by atoms with Gasteiger partial charge >= 0.3 is 0 Å². The highest BCUT2D eigenvalue weighted by molar-refractivity contribution is 7.89. The molecule has 4 unspecified atom stereocenters. The van der Waals surface area contributed by atoms with Gasteiger partial charge in [-0.3, -0.25) is 4.79 Å². The van der Waals surface area contributed by atoms with E-state index in [1.807, 2.05) is 34.6 Å². The van der Waals surface area contributed by atoms with Gasteiger partial charge in [0.2, 0.25) is 5.91 Å². The number of rotatable bonds is 7. The number of fused-ring (bicyclic) bond motifs is 2. The first-order chi connectivity index (χ1) is 17.9. The van der Waals surface area contributed by atoms with Gasteiger partial charge in [-0.2, -0.15) is 5.26 Å². The van der Waals surface area contributed by atoms with Crippen molar-refractivity contribution in [3.63, 3.8) is 0 Å². The molecule has 2 heterocycles. The molecule has 37 heavy (non-hydrogen) atoms. The second-order valence-electron chi connectivity index (χ2n) is 10.5. The van der Waals surface area contributed by atoms with Crippen LogP contribution in [0, 0.1) is 23.1 Å². The SMILES string of the molecule is CN1CCCN([S+]([O-])c2ccc(-c3ccc(C[C@@H](C#N)NC(=O)C4NC5CCC4C5)c(F)c3)cc2)CC1. The summed E-state index contributed by atoms with van der Waals surface area (Å²) in [4.78, 5) is 15.7. The quantitative estimate of drug-likeness (QED) is 0.542. The summed E-state index contributed by atoms with van der Waals surface area (Å²) < 4.78 is 30.1. The van der Waals surface area contributed by atoms with Crippen molar-refractivity contribution < 1.29 is 13.7 Å². The highest BCUT2D eigenvalue weighted by Gasteiger charge is 2.43. The first kappa shape index (κ1) is 26.1. The van der Waals surface area contributed by atoms with E-state index in [1.54, 1.807) is 6.07 Å². The van der Waals surface area contributed by atoms with E-state index >= 15 is 4.39 Å². The zero-order chi connectivity index (χ0) is 25.9. The molecule has 2 aliphatic heterocycles.